The SMILES string of the molecule is CCCCCCCC1CCC([C@H]2CC[C@](C#N)(c3ccc(CCC)cc3)CC2)CC1. The van der Waals surface area contributed by atoms with Crippen molar-refractivity contribution in [1.29, 1.82) is 5.26 Å². The standard InChI is InChI=1S/C29H45N/c1-3-5-6-7-8-10-25-11-15-26(16-12-25)27-19-21-29(23-30,22-20-27)28-17-13-24(9-4-2)14-18-28/h13-14,17-18,25-27H,3-12,15-16,19-22H2,1-2H3/t25?,26?,27-,29-. The van der Waals surface area contributed by atoms with Gasteiger partial charge in [-0.15, -0.1) is 0 Å². The molecule has 0 atom stereocenters. The summed E-state index contributed by atoms with van der Waals surface area (Å²) >= 11 is 0. The molecular formula is C29H45N. The summed E-state index contributed by atoms with van der Waals surface area (Å²) < 4.78 is 0. The van der Waals surface area contributed by atoms with Gasteiger partial charge in [0.25, 0.3) is 0 Å². The molecule has 0 N–H and O–H groups in total. The van der Waals surface area contributed by atoms with E-state index in [1.807, 2.05) is 0 Å². The molecule has 1 aromatic carbocycles. The van der Waals surface area contributed by atoms with Crippen LogP contribution in [0.15, 0.2) is 24.3 Å². The van der Waals surface area contributed by atoms with Crippen LogP contribution in [0.1, 0.15) is 121 Å². The van der Waals surface area contributed by atoms with Gasteiger partial charge in [-0.1, -0.05) is 95.9 Å². The Bertz CT molecular complexity index is 636. The maximum Gasteiger partial charge on any atom is 0.0822 e. The first kappa shape index (κ1) is 23.4. The monoisotopic (exact) mass is 407 g/mol. The minimum Gasteiger partial charge on any atom is -0.197 e. The summed E-state index contributed by atoms with van der Waals surface area (Å²) in [5.74, 6) is 2.81. The zero-order valence-electron chi connectivity index (χ0n) is 19.8. The molecule has 2 fully saturated rings. The number of unbranched alkanes of at least 4 members (excludes halogenated alkanes) is 4. The van der Waals surface area contributed by atoms with E-state index >= 15 is 0 Å². The summed E-state index contributed by atoms with van der Waals surface area (Å²) in [5.41, 5.74) is 2.46. The van der Waals surface area contributed by atoms with Crippen molar-refractivity contribution in [2.24, 2.45) is 17.8 Å². The number of benzene rings is 1. The molecule has 3 rings (SSSR count). The number of aryl methyl sites for hydroxylation is 1. The molecule has 1 nitrogen and oxygen atoms in total. The quantitative estimate of drug-likeness (QED) is 0.355. The normalized spacial score (nSPS) is 29.4. The third-order valence-corrected chi connectivity index (χ3v) is 8.42. The minimum atomic E-state index is -0.225. The average molecular weight is 408 g/mol. The number of nitrogens with zero attached hydrogens (tertiary/aromatic N) is 1. The molecular weight excluding hydrogens is 362 g/mol. The zero-order valence-corrected chi connectivity index (χ0v) is 19.8. The second-order valence-corrected chi connectivity index (χ2v) is 10.5. The second kappa shape index (κ2) is 11.9. The maximum atomic E-state index is 10.1. The van der Waals surface area contributed by atoms with Gasteiger partial charge in [0.15, 0.2) is 0 Å². The molecule has 0 spiro atoms. The number of hydrogen-bond acceptors (Lipinski definition) is 1. The van der Waals surface area contributed by atoms with E-state index in [2.05, 4.69) is 44.2 Å². The second-order valence-electron chi connectivity index (χ2n) is 10.5. The van der Waals surface area contributed by atoms with Gasteiger partial charge in [-0.05, 0) is 73.8 Å². The Morgan fingerprint density at radius 1 is 0.800 bits per heavy atom. The van der Waals surface area contributed by atoms with Crippen molar-refractivity contribution in [2.75, 3.05) is 0 Å². The third kappa shape index (κ3) is 6.12. The molecule has 0 aromatic heterocycles. The van der Waals surface area contributed by atoms with Crippen molar-refractivity contribution in [1.82, 2.24) is 0 Å². The zero-order chi connectivity index (χ0) is 21.2. The van der Waals surface area contributed by atoms with Crippen molar-refractivity contribution in [3.8, 4) is 6.07 Å². The van der Waals surface area contributed by atoms with Crippen LogP contribution in [0.4, 0.5) is 0 Å². The van der Waals surface area contributed by atoms with Crippen LogP contribution in [-0.4, -0.2) is 0 Å². The minimum absolute atomic E-state index is 0.225. The van der Waals surface area contributed by atoms with Crippen LogP contribution in [0.3, 0.4) is 0 Å². The fourth-order valence-corrected chi connectivity index (χ4v) is 6.33. The van der Waals surface area contributed by atoms with E-state index in [0.29, 0.717) is 0 Å². The molecule has 0 saturated heterocycles. The lowest BCUT2D eigenvalue weighted by Gasteiger charge is -2.41. The topological polar surface area (TPSA) is 23.8 Å². The highest BCUT2D eigenvalue weighted by Crippen LogP contribution is 2.47. The Morgan fingerprint density at radius 2 is 1.43 bits per heavy atom. The number of hydrogen-bond donors (Lipinski definition) is 0. The first-order valence-electron chi connectivity index (χ1n) is 13.2. The van der Waals surface area contributed by atoms with Gasteiger partial charge in [0.2, 0.25) is 0 Å². The third-order valence-electron chi connectivity index (χ3n) is 8.42. The predicted molar refractivity (Wildman–Crippen MR) is 129 cm³/mol. The van der Waals surface area contributed by atoms with Gasteiger partial charge >= 0.3 is 0 Å². The lowest BCUT2D eigenvalue weighted by molar-refractivity contribution is 0.143. The van der Waals surface area contributed by atoms with Crippen LogP contribution in [-0.2, 0) is 11.8 Å². The van der Waals surface area contributed by atoms with E-state index in [1.165, 1.54) is 94.6 Å². The summed E-state index contributed by atoms with van der Waals surface area (Å²) in [5, 5.41) is 10.1. The fourth-order valence-electron chi connectivity index (χ4n) is 6.33. The van der Waals surface area contributed by atoms with Crippen molar-refractivity contribution in [3.05, 3.63) is 35.4 Å². The van der Waals surface area contributed by atoms with E-state index in [4.69, 9.17) is 0 Å². The molecule has 0 heterocycles. The lowest BCUT2D eigenvalue weighted by Crippen LogP contribution is -2.33. The van der Waals surface area contributed by atoms with E-state index < -0.39 is 0 Å². The molecule has 0 amide bonds. The van der Waals surface area contributed by atoms with Crippen LogP contribution < -0.4 is 0 Å². The molecule has 2 saturated carbocycles. The van der Waals surface area contributed by atoms with Gasteiger partial charge in [0, 0.05) is 0 Å². The average Bonchev–Trinajstić information content (AvgIpc) is 2.80. The highest BCUT2D eigenvalue weighted by molar-refractivity contribution is 5.35. The van der Waals surface area contributed by atoms with E-state index in [1.54, 1.807) is 0 Å². The van der Waals surface area contributed by atoms with E-state index in [9.17, 15) is 5.26 Å². The first-order chi connectivity index (χ1) is 14.7. The summed E-state index contributed by atoms with van der Waals surface area (Å²) in [4.78, 5) is 0. The van der Waals surface area contributed by atoms with E-state index in [0.717, 1.165) is 37.0 Å². The van der Waals surface area contributed by atoms with Gasteiger partial charge in [0.1, 0.15) is 0 Å². The molecule has 0 aliphatic heterocycles. The van der Waals surface area contributed by atoms with Gasteiger partial charge in [0.05, 0.1) is 11.5 Å². The Labute approximate surface area is 186 Å². The molecule has 166 valence electrons. The van der Waals surface area contributed by atoms with Crippen LogP contribution in [0.2, 0.25) is 0 Å². The summed E-state index contributed by atoms with van der Waals surface area (Å²) in [6.45, 7) is 4.53. The largest absolute Gasteiger partial charge is 0.197 e. The van der Waals surface area contributed by atoms with Gasteiger partial charge in [-0.2, -0.15) is 5.26 Å². The van der Waals surface area contributed by atoms with Gasteiger partial charge in [-0.25, -0.2) is 0 Å². The number of rotatable bonds is 10. The Kier molecular flexibility index (Phi) is 9.29. The van der Waals surface area contributed by atoms with Crippen molar-refractivity contribution >= 4 is 0 Å². The molecule has 0 radical (unpaired) electrons. The van der Waals surface area contributed by atoms with Crippen LogP contribution in [0.5, 0.6) is 0 Å². The lowest BCUT2D eigenvalue weighted by atomic mass is 9.62. The Hall–Kier alpha value is -1.29. The van der Waals surface area contributed by atoms with Crippen molar-refractivity contribution < 1.29 is 0 Å². The highest BCUT2D eigenvalue weighted by atomic mass is 14.5. The fraction of sp³-hybridized carbons (Fsp3) is 0.759. The number of nitriles is 1. The van der Waals surface area contributed by atoms with Crippen molar-refractivity contribution in [3.63, 3.8) is 0 Å². The summed E-state index contributed by atoms with van der Waals surface area (Å²) in [7, 11) is 0. The maximum absolute atomic E-state index is 10.1. The van der Waals surface area contributed by atoms with E-state index in [-0.39, 0.29) is 5.41 Å². The van der Waals surface area contributed by atoms with Crippen molar-refractivity contribution in [2.45, 2.75) is 122 Å². The molecule has 1 aromatic rings. The predicted octanol–water partition coefficient (Wildman–Crippen LogP) is 8.76. The van der Waals surface area contributed by atoms with Gasteiger partial charge in [-0.3, -0.25) is 0 Å². The van der Waals surface area contributed by atoms with Gasteiger partial charge < -0.3 is 0 Å². The molecule has 2 aliphatic rings. The highest BCUT2D eigenvalue weighted by Gasteiger charge is 2.39. The Morgan fingerprint density at radius 3 is 2.03 bits per heavy atom. The first-order valence-corrected chi connectivity index (χ1v) is 13.2. The Balaban J connectivity index is 1.44. The molecule has 30 heavy (non-hydrogen) atoms. The summed E-state index contributed by atoms with van der Waals surface area (Å²) in [6.07, 6.45) is 21.4. The summed E-state index contributed by atoms with van der Waals surface area (Å²) in [6, 6.07) is 11.8. The molecule has 0 unspecified atom stereocenters. The van der Waals surface area contributed by atoms with Crippen LogP contribution >= 0.6 is 0 Å². The van der Waals surface area contributed by atoms with Crippen LogP contribution in [0, 0.1) is 29.1 Å². The molecule has 0 bridgehead atoms. The molecule has 1 heteroatoms. The molecule has 2 aliphatic carbocycles. The van der Waals surface area contributed by atoms with Crippen LogP contribution in [0.25, 0.3) is 0 Å². The smallest absolute Gasteiger partial charge is 0.0822 e.